The predicted octanol–water partition coefficient (Wildman–Crippen LogP) is 5.68. The summed E-state index contributed by atoms with van der Waals surface area (Å²) in [5.41, 5.74) is 6.36. The summed E-state index contributed by atoms with van der Waals surface area (Å²) in [4.78, 5) is 14.4. The van der Waals surface area contributed by atoms with Crippen molar-refractivity contribution in [1.29, 1.82) is 0 Å². The van der Waals surface area contributed by atoms with Crippen LogP contribution in [-0.4, -0.2) is 31.4 Å². The summed E-state index contributed by atoms with van der Waals surface area (Å²) in [6.45, 7) is 11.8. The van der Waals surface area contributed by atoms with Crippen molar-refractivity contribution in [2.45, 2.75) is 74.0 Å². The Morgan fingerprint density at radius 2 is 1.79 bits per heavy atom. The molecule has 0 saturated carbocycles. The monoisotopic (exact) mass is 469 g/mol. The molecule has 0 bridgehead atoms. The first-order valence-electron chi connectivity index (χ1n) is 11.5. The van der Waals surface area contributed by atoms with E-state index in [0.29, 0.717) is 16.8 Å². The SMILES string of the molecule is CC1=C(/C=C/C(C)=C/C=C/C(C)=C/C(=O)O)C(C)(C)CCC1.Cc1ncc(CO)c(CO)c1O. The van der Waals surface area contributed by atoms with Crippen molar-refractivity contribution >= 4 is 5.97 Å². The van der Waals surface area contributed by atoms with Crippen molar-refractivity contribution in [3.8, 4) is 5.75 Å². The van der Waals surface area contributed by atoms with Gasteiger partial charge in [-0.25, -0.2) is 4.79 Å². The van der Waals surface area contributed by atoms with E-state index in [9.17, 15) is 9.90 Å². The number of hydrogen-bond donors (Lipinski definition) is 4. The van der Waals surface area contributed by atoms with Crippen molar-refractivity contribution in [2.75, 3.05) is 0 Å². The Balaban J connectivity index is 0.000000404. The number of aromatic nitrogens is 1. The highest BCUT2D eigenvalue weighted by molar-refractivity contribution is 5.81. The van der Waals surface area contributed by atoms with Gasteiger partial charge in [0.15, 0.2) is 0 Å². The standard InChI is InChI=1S/C20H28O2.C8H11NO3/c1-15(8-6-9-16(2)14-19(21)22)11-12-18-17(3)10-7-13-20(18,4)5;1-5-8(12)7(4-11)6(3-10)2-9-5/h6,8-9,11-12,14H,7,10,13H2,1-5H3,(H,21,22);2,10-12H,3-4H2,1H3/b9-6+,12-11+,15-8+,16-14+;. The van der Waals surface area contributed by atoms with Crippen LogP contribution < -0.4 is 0 Å². The lowest BCUT2D eigenvalue weighted by Gasteiger charge is -2.32. The average Bonchev–Trinajstić information content (AvgIpc) is 2.74. The summed E-state index contributed by atoms with van der Waals surface area (Å²) in [6, 6.07) is 0. The Kier molecular flexibility index (Phi) is 11.7. The molecule has 0 amide bonds. The van der Waals surface area contributed by atoms with Crippen LogP contribution >= 0.6 is 0 Å². The van der Waals surface area contributed by atoms with Gasteiger partial charge in [-0.2, -0.15) is 0 Å². The average molecular weight is 470 g/mol. The van der Waals surface area contributed by atoms with Crippen LogP contribution in [0.4, 0.5) is 0 Å². The second-order valence-corrected chi connectivity index (χ2v) is 9.27. The van der Waals surface area contributed by atoms with Crippen molar-refractivity contribution in [3.05, 3.63) is 81.8 Å². The van der Waals surface area contributed by atoms with E-state index in [1.165, 1.54) is 42.7 Å². The molecule has 1 heterocycles. The number of pyridine rings is 1. The van der Waals surface area contributed by atoms with Gasteiger partial charge in [0.05, 0.1) is 18.9 Å². The van der Waals surface area contributed by atoms with Crippen molar-refractivity contribution in [3.63, 3.8) is 0 Å². The molecule has 0 fully saturated rings. The molecule has 34 heavy (non-hydrogen) atoms. The lowest BCUT2D eigenvalue weighted by Crippen LogP contribution is -2.19. The van der Waals surface area contributed by atoms with Crippen molar-refractivity contribution < 1.29 is 25.2 Å². The molecular formula is C28H39NO5. The number of allylic oxidation sites excluding steroid dienone is 9. The summed E-state index contributed by atoms with van der Waals surface area (Å²) < 4.78 is 0. The zero-order valence-electron chi connectivity index (χ0n) is 21.2. The fraction of sp³-hybridized carbons (Fsp3) is 0.429. The number of carboxylic acids is 1. The lowest BCUT2D eigenvalue weighted by atomic mass is 9.72. The Hall–Kier alpha value is -2.96. The van der Waals surface area contributed by atoms with E-state index in [2.05, 4.69) is 44.8 Å². The highest BCUT2D eigenvalue weighted by Gasteiger charge is 2.26. The van der Waals surface area contributed by atoms with Crippen LogP contribution in [0.3, 0.4) is 0 Å². The smallest absolute Gasteiger partial charge is 0.328 e. The number of aromatic hydroxyl groups is 1. The minimum Gasteiger partial charge on any atom is -0.506 e. The summed E-state index contributed by atoms with van der Waals surface area (Å²) in [7, 11) is 0. The molecule has 4 N–H and O–H groups in total. The summed E-state index contributed by atoms with van der Waals surface area (Å²) in [5.74, 6) is -0.950. The van der Waals surface area contributed by atoms with Gasteiger partial charge in [0.25, 0.3) is 0 Å². The van der Waals surface area contributed by atoms with Crippen LogP contribution in [0.1, 0.15) is 70.7 Å². The Morgan fingerprint density at radius 1 is 1.12 bits per heavy atom. The highest BCUT2D eigenvalue weighted by atomic mass is 16.4. The molecule has 0 radical (unpaired) electrons. The number of hydrogen-bond acceptors (Lipinski definition) is 5. The predicted molar refractivity (Wildman–Crippen MR) is 136 cm³/mol. The van der Waals surface area contributed by atoms with Gasteiger partial charge >= 0.3 is 5.97 Å². The van der Waals surface area contributed by atoms with Crippen molar-refractivity contribution in [2.24, 2.45) is 5.41 Å². The lowest BCUT2D eigenvalue weighted by molar-refractivity contribution is -0.131. The van der Waals surface area contributed by atoms with E-state index in [1.54, 1.807) is 19.9 Å². The molecule has 0 atom stereocenters. The van der Waals surface area contributed by atoms with Gasteiger partial charge in [-0.05, 0) is 63.5 Å². The molecular weight excluding hydrogens is 430 g/mol. The molecule has 1 aliphatic rings. The molecule has 6 nitrogen and oxygen atoms in total. The Bertz CT molecular complexity index is 1010. The van der Waals surface area contributed by atoms with Gasteiger partial charge in [0, 0.05) is 23.4 Å². The number of aliphatic hydroxyl groups excluding tert-OH is 2. The summed E-state index contributed by atoms with van der Waals surface area (Å²) in [6.07, 6.45) is 16.5. The molecule has 0 aromatic carbocycles. The Morgan fingerprint density at radius 3 is 2.35 bits per heavy atom. The molecule has 1 aliphatic carbocycles. The second-order valence-electron chi connectivity index (χ2n) is 9.27. The number of nitrogens with zero attached hydrogens (tertiary/aromatic N) is 1. The summed E-state index contributed by atoms with van der Waals surface area (Å²) in [5, 5.41) is 35.7. The van der Waals surface area contributed by atoms with E-state index < -0.39 is 5.97 Å². The molecule has 0 unspecified atom stereocenters. The third-order valence-electron chi connectivity index (χ3n) is 5.88. The van der Waals surface area contributed by atoms with Crippen LogP contribution in [0.15, 0.2) is 64.9 Å². The fourth-order valence-electron chi connectivity index (χ4n) is 3.87. The fourth-order valence-corrected chi connectivity index (χ4v) is 3.87. The van der Waals surface area contributed by atoms with Gasteiger partial charge in [-0.15, -0.1) is 0 Å². The minimum absolute atomic E-state index is 0.0379. The number of aliphatic carboxylic acids is 1. The van der Waals surface area contributed by atoms with E-state index >= 15 is 0 Å². The van der Waals surface area contributed by atoms with Crippen LogP contribution in [0.2, 0.25) is 0 Å². The van der Waals surface area contributed by atoms with Gasteiger partial charge in [0.1, 0.15) is 5.75 Å². The second kappa shape index (κ2) is 13.7. The summed E-state index contributed by atoms with van der Waals surface area (Å²) >= 11 is 0. The van der Waals surface area contributed by atoms with E-state index in [1.807, 2.05) is 12.2 Å². The van der Waals surface area contributed by atoms with Crippen LogP contribution in [0.5, 0.6) is 5.75 Å². The maximum absolute atomic E-state index is 10.5. The molecule has 2 rings (SSSR count). The minimum atomic E-state index is -0.912. The molecule has 0 spiro atoms. The van der Waals surface area contributed by atoms with Crippen molar-refractivity contribution in [1.82, 2.24) is 4.98 Å². The van der Waals surface area contributed by atoms with Gasteiger partial charge in [0.2, 0.25) is 0 Å². The number of aryl methyl sites for hydroxylation is 1. The van der Waals surface area contributed by atoms with Gasteiger partial charge in [-0.3, -0.25) is 4.98 Å². The molecule has 0 saturated heterocycles. The number of carboxylic acid groups (broad SMARTS) is 1. The normalized spacial score (nSPS) is 16.7. The molecule has 6 heteroatoms. The third-order valence-corrected chi connectivity index (χ3v) is 5.88. The number of carbonyl (C=O) groups is 1. The molecule has 0 aliphatic heterocycles. The number of aliphatic hydroxyl groups is 2. The maximum Gasteiger partial charge on any atom is 0.328 e. The molecule has 186 valence electrons. The van der Waals surface area contributed by atoms with Crippen LogP contribution in [0, 0.1) is 12.3 Å². The first-order chi connectivity index (χ1) is 15.9. The Labute approximate surface area is 203 Å². The third kappa shape index (κ3) is 9.12. The van der Waals surface area contributed by atoms with E-state index in [4.69, 9.17) is 15.3 Å². The van der Waals surface area contributed by atoms with Crippen LogP contribution in [0.25, 0.3) is 0 Å². The maximum atomic E-state index is 10.5. The van der Waals surface area contributed by atoms with Crippen LogP contribution in [-0.2, 0) is 18.0 Å². The van der Waals surface area contributed by atoms with E-state index in [0.717, 1.165) is 11.1 Å². The highest BCUT2D eigenvalue weighted by Crippen LogP contribution is 2.40. The molecule has 1 aromatic rings. The molecule has 1 aromatic heterocycles. The largest absolute Gasteiger partial charge is 0.506 e. The number of rotatable bonds is 7. The quantitative estimate of drug-likeness (QED) is 0.302. The zero-order chi connectivity index (χ0) is 25.9. The first kappa shape index (κ1) is 29.1. The topological polar surface area (TPSA) is 111 Å². The first-order valence-corrected chi connectivity index (χ1v) is 11.5. The zero-order valence-corrected chi connectivity index (χ0v) is 21.2. The van der Waals surface area contributed by atoms with E-state index in [-0.39, 0.29) is 24.4 Å². The van der Waals surface area contributed by atoms with Gasteiger partial charge < -0.3 is 20.4 Å². The van der Waals surface area contributed by atoms with Gasteiger partial charge in [-0.1, -0.05) is 55.4 Å².